The molecule has 0 aliphatic heterocycles. The minimum absolute atomic E-state index is 0.00361. The van der Waals surface area contributed by atoms with Gasteiger partial charge in [-0.2, -0.15) is 5.26 Å². The van der Waals surface area contributed by atoms with Gasteiger partial charge in [0, 0.05) is 5.56 Å². The van der Waals surface area contributed by atoms with E-state index in [1.807, 2.05) is 13.8 Å². The van der Waals surface area contributed by atoms with Crippen LogP contribution in [0.15, 0.2) is 24.3 Å². The van der Waals surface area contributed by atoms with Crippen LogP contribution in [0, 0.1) is 18.3 Å². The van der Waals surface area contributed by atoms with Crippen molar-refractivity contribution in [3.63, 3.8) is 0 Å². The Labute approximate surface area is 106 Å². The van der Waals surface area contributed by atoms with Crippen molar-refractivity contribution in [2.24, 2.45) is 0 Å². The molecule has 3 nitrogen and oxygen atoms in total. The zero-order valence-electron chi connectivity index (χ0n) is 10.7. The molecule has 1 aromatic rings. The summed E-state index contributed by atoms with van der Waals surface area (Å²) in [5.74, 6) is -1.15. The first-order chi connectivity index (χ1) is 8.43. The Kier molecular flexibility index (Phi) is 4.43. The second-order valence-electron chi connectivity index (χ2n) is 4.26. The van der Waals surface area contributed by atoms with E-state index < -0.39 is 17.7 Å². The van der Waals surface area contributed by atoms with Gasteiger partial charge < -0.3 is 4.74 Å². The largest absolute Gasteiger partial charge is 0.459 e. The van der Waals surface area contributed by atoms with E-state index in [1.54, 1.807) is 19.1 Å². The zero-order valence-corrected chi connectivity index (χ0v) is 10.7. The number of ether oxygens (including phenoxy) is 1. The van der Waals surface area contributed by atoms with Crippen LogP contribution in [0.1, 0.15) is 31.4 Å². The Hall–Kier alpha value is -1.89. The Morgan fingerprint density at radius 1 is 1.50 bits per heavy atom. The molecule has 0 saturated heterocycles. The van der Waals surface area contributed by atoms with Crippen LogP contribution in [0.5, 0.6) is 0 Å². The van der Waals surface area contributed by atoms with Gasteiger partial charge in [0.05, 0.1) is 6.10 Å². The van der Waals surface area contributed by atoms with Crippen LogP contribution in [-0.2, 0) is 15.2 Å². The number of aryl methyl sites for hydroxylation is 1. The molecule has 0 spiro atoms. The van der Waals surface area contributed by atoms with Gasteiger partial charge in [0.15, 0.2) is 0 Å². The zero-order chi connectivity index (χ0) is 13.8. The number of halogens is 1. The molecule has 0 amide bonds. The lowest BCUT2D eigenvalue weighted by Gasteiger charge is -2.19. The molecule has 96 valence electrons. The molecule has 0 aliphatic carbocycles. The molecule has 0 heterocycles. The number of esters is 1. The summed E-state index contributed by atoms with van der Waals surface area (Å²) in [4.78, 5) is 11.7. The average Bonchev–Trinajstić information content (AvgIpc) is 2.38. The fourth-order valence-corrected chi connectivity index (χ4v) is 1.36. The Morgan fingerprint density at radius 2 is 2.06 bits per heavy atom. The van der Waals surface area contributed by atoms with E-state index in [2.05, 4.69) is 0 Å². The number of alkyl halides is 1. The van der Waals surface area contributed by atoms with Gasteiger partial charge in [0.2, 0.25) is 0 Å². The molecule has 4 heteroatoms. The summed E-state index contributed by atoms with van der Waals surface area (Å²) in [6.45, 7) is 5.31. The monoisotopic (exact) mass is 249 g/mol. The predicted molar refractivity (Wildman–Crippen MR) is 65.4 cm³/mol. The van der Waals surface area contributed by atoms with Crippen molar-refractivity contribution >= 4 is 5.97 Å². The lowest BCUT2D eigenvalue weighted by molar-refractivity contribution is -0.159. The summed E-state index contributed by atoms with van der Waals surface area (Å²) in [7, 11) is 0. The van der Waals surface area contributed by atoms with Gasteiger partial charge in [-0.15, -0.1) is 0 Å². The van der Waals surface area contributed by atoms with Crippen molar-refractivity contribution in [3.05, 3.63) is 35.4 Å². The molecular formula is C14H16FNO2. The molecule has 0 saturated carbocycles. The molecule has 0 aromatic heterocycles. The maximum absolute atomic E-state index is 14.4. The Balaban J connectivity index is 3.02. The smallest absolute Gasteiger partial charge is 0.364 e. The van der Waals surface area contributed by atoms with Crippen molar-refractivity contribution < 1.29 is 13.9 Å². The van der Waals surface area contributed by atoms with Gasteiger partial charge >= 0.3 is 11.6 Å². The number of hydrogen-bond donors (Lipinski definition) is 0. The first-order valence-electron chi connectivity index (χ1n) is 5.82. The molecule has 2 unspecified atom stereocenters. The fourth-order valence-electron chi connectivity index (χ4n) is 1.36. The maximum atomic E-state index is 14.4. The average molecular weight is 249 g/mol. The number of nitriles is 1. The van der Waals surface area contributed by atoms with Crippen LogP contribution in [0.25, 0.3) is 0 Å². The highest BCUT2D eigenvalue weighted by molar-refractivity contribution is 5.84. The number of hydrogen-bond acceptors (Lipinski definition) is 3. The molecule has 0 bridgehead atoms. The van der Waals surface area contributed by atoms with Crippen LogP contribution in [0.2, 0.25) is 0 Å². The van der Waals surface area contributed by atoms with Crippen LogP contribution >= 0.6 is 0 Å². The van der Waals surface area contributed by atoms with Crippen LogP contribution < -0.4 is 0 Å². The molecule has 0 aliphatic rings. The second-order valence-corrected chi connectivity index (χ2v) is 4.26. The third-order valence-corrected chi connectivity index (χ3v) is 2.77. The molecule has 0 N–H and O–H groups in total. The van der Waals surface area contributed by atoms with Gasteiger partial charge in [-0.3, -0.25) is 0 Å². The minimum Gasteiger partial charge on any atom is -0.459 e. The highest BCUT2D eigenvalue weighted by atomic mass is 19.1. The highest BCUT2D eigenvalue weighted by Crippen LogP contribution is 2.28. The number of carbonyl (C=O) groups is 1. The van der Waals surface area contributed by atoms with Gasteiger partial charge in [-0.1, -0.05) is 36.8 Å². The molecule has 1 aromatic carbocycles. The summed E-state index contributed by atoms with van der Waals surface area (Å²) in [6, 6.07) is 7.56. The van der Waals surface area contributed by atoms with E-state index in [1.165, 1.54) is 18.2 Å². The number of nitrogens with zero attached hydrogens (tertiary/aromatic N) is 1. The summed E-state index contributed by atoms with van der Waals surface area (Å²) in [5.41, 5.74) is -1.81. The molecule has 1 rings (SSSR count). The lowest BCUT2D eigenvalue weighted by Crippen LogP contribution is -2.33. The van der Waals surface area contributed by atoms with E-state index in [-0.39, 0.29) is 5.56 Å². The number of carbonyl (C=O) groups excluding carboxylic acids is 1. The summed E-state index contributed by atoms with van der Waals surface area (Å²) in [5, 5.41) is 8.94. The van der Waals surface area contributed by atoms with Crippen molar-refractivity contribution in [1.29, 1.82) is 5.26 Å². The summed E-state index contributed by atoms with van der Waals surface area (Å²) < 4.78 is 19.3. The SMILES string of the molecule is CCC(C)OC(=O)C(F)(C#N)c1ccc(C)cc1. The quantitative estimate of drug-likeness (QED) is 0.771. The topological polar surface area (TPSA) is 50.1 Å². The molecule has 2 atom stereocenters. The highest BCUT2D eigenvalue weighted by Gasteiger charge is 2.43. The molecule has 0 fully saturated rings. The number of benzene rings is 1. The lowest BCUT2D eigenvalue weighted by atomic mass is 9.96. The molecule has 0 radical (unpaired) electrons. The van der Waals surface area contributed by atoms with Crippen LogP contribution in [-0.4, -0.2) is 12.1 Å². The summed E-state index contributed by atoms with van der Waals surface area (Å²) >= 11 is 0. The molecular weight excluding hydrogens is 233 g/mol. The minimum atomic E-state index is -2.74. The third-order valence-electron chi connectivity index (χ3n) is 2.77. The second kappa shape index (κ2) is 5.63. The van der Waals surface area contributed by atoms with Crippen molar-refractivity contribution in [3.8, 4) is 6.07 Å². The normalized spacial score (nSPS) is 15.3. The van der Waals surface area contributed by atoms with E-state index in [0.29, 0.717) is 6.42 Å². The Bertz CT molecular complexity index is 464. The van der Waals surface area contributed by atoms with Gasteiger partial charge in [0.25, 0.3) is 0 Å². The van der Waals surface area contributed by atoms with E-state index in [9.17, 15) is 9.18 Å². The van der Waals surface area contributed by atoms with Crippen molar-refractivity contribution in [2.75, 3.05) is 0 Å². The van der Waals surface area contributed by atoms with E-state index in [4.69, 9.17) is 10.00 Å². The van der Waals surface area contributed by atoms with Crippen molar-refractivity contribution in [2.45, 2.75) is 39.0 Å². The van der Waals surface area contributed by atoms with Gasteiger partial charge in [0.1, 0.15) is 6.07 Å². The first kappa shape index (κ1) is 14.2. The fraction of sp³-hybridized carbons (Fsp3) is 0.429. The van der Waals surface area contributed by atoms with Crippen molar-refractivity contribution in [1.82, 2.24) is 0 Å². The van der Waals surface area contributed by atoms with E-state index >= 15 is 0 Å². The third kappa shape index (κ3) is 2.86. The predicted octanol–water partition coefficient (Wildman–Crippen LogP) is 3.03. The van der Waals surface area contributed by atoms with Crippen LogP contribution in [0.3, 0.4) is 0 Å². The summed E-state index contributed by atoms with van der Waals surface area (Å²) in [6.07, 6.45) is 0.160. The van der Waals surface area contributed by atoms with Gasteiger partial charge in [-0.25, -0.2) is 9.18 Å². The van der Waals surface area contributed by atoms with Gasteiger partial charge in [-0.05, 0) is 20.3 Å². The maximum Gasteiger partial charge on any atom is 0.364 e. The van der Waals surface area contributed by atoms with Crippen LogP contribution in [0.4, 0.5) is 4.39 Å². The first-order valence-corrected chi connectivity index (χ1v) is 5.82. The standard InChI is InChI=1S/C14H16FNO2/c1-4-11(3)18-13(17)14(15,9-16)12-7-5-10(2)6-8-12/h5-8,11H,4H2,1-3H3. The number of rotatable bonds is 4. The Morgan fingerprint density at radius 3 is 2.50 bits per heavy atom. The van der Waals surface area contributed by atoms with E-state index in [0.717, 1.165) is 5.56 Å². The molecule has 18 heavy (non-hydrogen) atoms.